The highest BCUT2D eigenvalue weighted by molar-refractivity contribution is 14.0. The van der Waals surface area contributed by atoms with Gasteiger partial charge in [0.25, 0.3) is 5.91 Å². The number of carbonyl (C=O) groups excluding carboxylic acids is 1. The first kappa shape index (κ1) is 26.0. The number of nitrogens with one attached hydrogen (secondary N) is 3. The summed E-state index contributed by atoms with van der Waals surface area (Å²) < 4.78 is 6.08. The van der Waals surface area contributed by atoms with Crippen LogP contribution in [0.15, 0.2) is 47.5 Å². The third-order valence-electron chi connectivity index (χ3n) is 5.13. The van der Waals surface area contributed by atoms with Crippen LogP contribution >= 0.6 is 24.0 Å². The number of halogens is 1. The van der Waals surface area contributed by atoms with Crippen molar-refractivity contribution in [3.05, 3.63) is 64.7 Å². The molecule has 0 saturated heterocycles. The fourth-order valence-corrected chi connectivity index (χ4v) is 3.20. The Morgan fingerprint density at radius 1 is 1.06 bits per heavy atom. The molecule has 1 aliphatic rings. The van der Waals surface area contributed by atoms with Crippen LogP contribution in [0.3, 0.4) is 0 Å². The molecule has 0 spiro atoms. The number of carbonyl (C=O) groups is 1. The molecule has 0 bridgehead atoms. The third kappa shape index (κ3) is 8.33. The lowest BCUT2D eigenvalue weighted by molar-refractivity contribution is 0.0955. The third-order valence-corrected chi connectivity index (χ3v) is 5.13. The minimum absolute atomic E-state index is 0. The average molecular weight is 550 g/mol. The Kier molecular flexibility index (Phi) is 10.8. The second-order valence-electron chi connectivity index (χ2n) is 7.97. The van der Waals surface area contributed by atoms with Crippen LogP contribution in [-0.4, -0.2) is 31.6 Å². The van der Waals surface area contributed by atoms with Gasteiger partial charge >= 0.3 is 0 Å². The summed E-state index contributed by atoms with van der Waals surface area (Å²) in [4.78, 5) is 16.8. The Morgan fingerprint density at radius 3 is 2.56 bits per heavy atom. The molecule has 6 nitrogen and oxygen atoms in total. The molecular weight excluding hydrogens is 515 g/mol. The van der Waals surface area contributed by atoms with Crippen molar-refractivity contribution in [1.29, 1.82) is 0 Å². The molecule has 1 saturated carbocycles. The van der Waals surface area contributed by atoms with E-state index >= 15 is 0 Å². The predicted molar refractivity (Wildman–Crippen MR) is 141 cm³/mol. The number of rotatable bonds is 10. The van der Waals surface area contributed by atoms with Crippen LogP contribution in [0, 0.1) is 12.8 Å². The van der Waals surface area contributed by atoms with Gasteiger partial charge in [0.1, 0.15) is 5.75 Å². The van der Waals surface area contributed by atoms with E-state index in [-0.39, 0.29) is 29.9 Å². The topological polar surface area (TPSA) is 74.8 Å². The molecule has 0 atom stereocenters. The lowest BCUT2D eigenvalue weighted by Crippen LogP contribution is -2.36. The van der Waals surface area contributed by atoms with Crippen molar-refractivity contribution in [3.63, 3.8) is 0 Å². The lowest BCUT2D eigenvalue weighted by Gasteiger charge is -2.15. The highest BCUT2D eigenvalue weighted by Gasteiger charge is 2.22. The summed E-state index contributed by atoms with van der Waals surface area (Å²) in [6.45, 7) is 9.34. The van der Waals surface area contributed by atoms with Crippen LogP contribution in [-0.2, 0) is 13.1 Å². The first-order valence-electron chi connectivity index (χ1n) is 11.2. The molecule has 2 aromatic rings. The average Bonchev–Trinajstić information content (AvgIpc) is 3.60. The van der Waals surface area contributed by atoms with E-state index in [0.717, 1.165) is 41.9 Å². The number of guanidine groups is 1. The smallest absolute Gasteiger partial charge is 0.251 e. The standard InChI is InChI=1S/C25H34N4O2.HI/c1-4-26-24(30)21-8-6-7-20(14-21)15-28-25(27-5-2)29-16-22-12-9-18(3)13-23(22)31-17-19-10-11-19;/h6-9,12-14,19H,4-5,10-11,15-17H2,1-3H3,(H,26,30)(H2,27,28,29);1H. The molecule has 1 amide bonds. The highest BCUT2D eigenvalue weighted by atomic mass is 127. The SMILES string of the molecule is CCNC(=O)c1cccc(CN=C(NCC)NCc2ccc(C)cc2OCC2CC2)c1.I. The van der Waals surface area contributed by atoms with Gasteiger partial charge in [0, 0.05) is 30.8 Å². The van der Waals surface area contributed by atoms with E-state index in [1.165, 1.54) is 18.4 Å². The van der Waals surface area contributed by atoms with E-state index in [9.17, 15) is 4.79 Å². The summed E-state index contributed by atoms with van der Waals surface area (Å²) in [5.41, 5.74) is 3.96. The van der Waals surface area contributed by atoms with Crippen LogP contribution < -0.4 is 20.7 Å². The maximum Gasteiger partial charge on any atom is 0.251 e. The molecule has 32 heavy (non-hydrogen) atoms. The van der Waals surface area contributed by atoms with Crippen molar-refractivity contribution in [2.45, 2.75) is 46.7 Å². The van der Waals surface area contributed by atoms with Crippen molar-refractivity contribution >= 4 is 35.8 Å². The molecule has 174 valence electrons. The Balaban J connectivity index is 0.00000363. The van der Waals surface area contributed by atoms with E-state index in [1.54, 1.807) is 0 Å². The Labute approximate surface area is 208 Å². The normalized spacial score (nSPS) is 13.2. The summed E-state index contributed by atoms with van der Waals surface area (Å²) in [7, 11) is 0. The van der Waals surface area contributed by atoms with Crippen LogP contribution in [0.1, 0.15) is 53.7 Å². The summed E-state index contributed by atoms with van der Waals surface area (Å²) in [5.74, 6) is 2.34. The number of aryl methyl sites for hydroxylation is 1. The molecule has 0 unspecified atom stereocenters. The Bertz CT molecular complexity index is 913. The summed E-state index contributed by atoms with van der Waals surface area (Å²) in [6.07, 6.45) is 2.55. The molecule has 0 aromatic heterocycles. The molecule has 1 aliphatic carbocycles. The van der Waals surface area contributed by atoms with Crippen molar-refractivity contribution in [2.24, 2.45) is 10.9 Å². The first-order chi connectivity index (χ1) is 15.1. The van der Waals surface area contributed by atoms with Gasteiger partial charge in [0.2, 0.25) is 0 Å². The molecule has 1 fully saturated rings. The van der Waals surface area contributed by atoms with Crippen molar-refractivity contribution in [3.8, 4) is 5.75 Å². The first-order valence-corrected chi connectivity index (χ1v) is 11.2. The highest BCUT2D eigenvalue weighted by Crippen LogP contribution is 2.30. The zero-order valence-electron chi connectivity index (χ0n) is 19.2. The van der Waals surface area contributed by atoms with Crippen LogP contribution in [0.2, 0.25) is 0 Å². The number of hydrogen-bond acceptors (Lipinski definition) is 3. The molecule has 0 radical (unpaired) electrons. The summed E-state index contributed by atoms with van der Waals surface area (Å²) >= 11 is 0. The Morgan fingerprint density at radius 2 is 1.84 bits per heavy atom. The van der Waals surface area contributed by atoms with E-state index < -0.39 is 0 Å². The van der Waals surface area contributed by atoms with Gasteiger partial charge in [-0.25, -0.2) is 4.99 Å². The molecule has 7 heteroatoms. The molecule has 3 N–H and O–H groups in total. The monoisotopic (exact) mass is 550 g/mol. The summed E-state index contributed by atoms with van der Waals surface area (Å²) in [5, 5.41) is 9.53. The minimum Gasteiger partial charge on any atom is -0.493 e. The van der Waals surface area contributed by atoms with E-state index in [4.69, 9.17) is 9.73 Å². The molecule has 0 aliphatic heterocycles. The van der Waals surface area contributed by atoms with Gasteiger partial charge in [-0.05, 0) is 68.9 Å². The largest absolute Gasteiger partial charge is 0.493 e. The van der Waals surface area contributed by atoms with Crippen LogP contribution in [0.25, 0.3) is 0 Å². The maximum absolute atomic E-state index is 12.1. The van der Waals surface area contributed by atoms with Gasteiger partial charge in [-0.1, -0.05) is 24.3 Å². The second-order valence-corrected chi connectivity index (χ2v) is 7.97. The number of hydrogen-bond donors (Lipinski definition) is 3. The van der Waals surface area contributed by atoms with Crippen molar-refractivity contribution < 1.29 is 9.53 Å². The van der Waals surface area contributed by atoms with E-state index in [0.29, 0.717) is 25.2 Å². The van der Waals surface area contributed by atoms with Gasteiger partial charge < -0.3 is 20.7 Å². The number of aliphatic imine (C=N–C) groups is 1. The number of amides is 1. The fraction of sp³-hybridized carbons (Fsp3) is 0.440. The number of nitrogens with zero attached hydrogens (tertiary/aromatic N) is 1. The molecule has 2 aromatic carbocycles. The van der Waals surface area contributed by atoms with Gasteiger partial charge in [-0.3, -0.25) is 4.79 Å². The molecule has 3 rings (SSSR count). The predicted octanol–water partition coefficient (Wildman–Crippen LogP) is 4.41. The lowest BCUT2D eigenvalue weighted by atomic mass is 10.1. The van der Waals surface area contributed by atoms with E-state index in [1.807, 2.05) is 38.1 Å². The fourth-order valence-electron chi connectivity index (χ4n) is 3.20. The zero-order valence-corrected chi connectivity index (χ0v) is 21.6. The maximum atomic E-state index is 12.1. The molecular formula is C25H35IN4O2. The Hall–Kier alpha value is -2.29. The van der Waals surface area contributed by atoms with Crippen LogP contribution in [0.5, 0.6) is 5.75 Å². The zero-order chi connectivity index (χ0) is 22.1. The summed E-state index contributed by atoms with van der Waals surface area (Å²) in [6, 6.07) is 13.9. The van der Waals surface area contributed by atoms with Crippen molar-refractivity contribution in [1.82, 2.24) is 16.0 Å². The van der Waals surface area contributed by atoms with Gasteiger partial charge in [0.05, 0.1) is 13.2 Å². The quantitative estimate of drug-likeness (QED) is 0.233. The van der Waals surface area contributed by atoms with E-state index in [2.05, 4.69) is 41.1 Å². The number of benzene rings is 2. The number of ether oxygens (including phenoxy) is 1. The van der Waals surface area contributed by atoms with Crippen molar-refractivity contribution in [2.75, 3.05) is 19.7 Å². The molecule has 0 heterocycles. The minimum atomic E-state index is -0.0588. The van der Waals surface area contributed by atoms with Crippen LogP contribution in [0.4, 0.5) is 0 Å². The second kappa shape index (κ2) is 13.3. The van der Waals surface area contributed by atoms with Gasteiger partial charge in [-0.15, -0.1) is 24.0 Å². The van der Waals surface area contributed by atoms with Gasteiger partial charge in [-0.2, -0.15) is 0 Å². The van der Waals surface area contributed by atoms with Gasteiger partial charge in [0.15, 0.2) is 5.96 Å².